The van der Waals surface area contributed by atoms with Gasteiger partial charge in [0, 0.05) is 21.4 Å². The second kappa shape index (κ2) is 7.13. The molecule has 0 saturated carbocycles. The van der Waals surface area contributed by atoms with Gasteiger partial charge in [-0.05, 0) is 49.4 Å². The number of nitrogens with zero attached hydrogens (tertiary/aromatic N) is 1. The topological polar surface area (TPSA) is 71.1 Å². The number of aromatic nitrogens is 1. The normalized spacial score (nSPS) is 15.8. The van der Waals surface area contributed by atoms with Gasteiger partial charge in [-0.1, -0.05) is 0 Å². The molecule has 0 saturated heterocycles. The summed E-state index contributed by atoms with van der Waals surface area (Å²) in [5, 5.41) is 7.67. The lowest BCUT2D eigenvalue weighted by Gasteiger charge is -2.21. The molecule has 2 aromatic carbocycles. The van der Waals surface area contributed by atoms with E-state index in [1.807, 2.05) is 13.0 Å². The molecule has 1 aliphatic rings. The van der Waals surface area contributed by atoms with Crippen molar-refractivity contribution >= 4 is 45.7 Å². The van der Waals surface area contributed by atoms with Crippen LogP contribution in [0.15, 0.2) is 52.7 Å². The highest BCUT2D eigenvalue weighted by atomic mass is 32.2. The van der Waals surface area contributed by atoms with Gasteiger partial charge in [-0.2, -0.15) is 0 Å². The van der Waals surface area contributed by atoms with Gasteiger partial charge in [0.2, 0.25) is 5.91 Å². The summed E-state index contributed by atoms with van der Waals surface area (Å²) in [7, 11) is 0. The summed E-state index contributed by atoms with van der Waals surface area (Å²) in [6.45, 7) is 1.84. The predicted octanol–water partition coefficient (Wildman–Crippen LogP) is 4.63. The molecular formula is C19H14FN3O2S2. The van der Waals surface area contributed by atoms with Gasteiger partial charge in [-0.15, -0.1) is 23.1 Å². The Kier molecular flexibility index (Phi) is 4.67. The molecule has 2 heterocycles. The third-order valence-corrected chi connectivity index (χ3v) is 5.97. The van der Waals surface area contributed by atoms with E-state index in [1.165, 1.54) is 35.2 Å². The Labute approximate surface area is 163 Å². The quantitative estimate of drug-likeness (QED) is 0.673. The maximum absolute atomic E-state index is 13.0. The number of anilines is 2. The Morgan fingerprint density at radius 3 is 2.78 bits per heavy atom. The first-order valence-electron chi connectivity index (χ1n) is 8.14. The highest BCUT2D eigenvalue weighted by Gasteiger charge is 2.24. The van der Waals surface area contributed by atoms with Crippen molar-refractivity contribution in [1.82, 2.24) is 4.98 Å². The summed E-state index contributed by atoms with van der Waals surface area (Å²) in [5.74, 6) is -0.695. The largest absolute Gasteiger partial charge is 0.324 e. The third kappa shape index (κ3) is 3.72. The number of hydrogen-bond acceptors (Lipinski definition) is 5. The van der Waals surface area contributed by atoms with Crippen molar-refractivity contribution in [3.63, 3.8) is 0 Å². The smallest absolute Gasteiger partial charge is 0.257 e. The molecule has 2 amide bonds. The molecule has 2 N–H and O–H groups in total. The van der Waals surface area contributed by atoms with Gasteiger partial charge in [-0.3, -0.25) is 14.9 Å². The molecule has 0 aliphatic carbocycles. The second-order valence-electron chi connectivity index (χ2n) is 5.96. The van der Waals surface area contributed by atoms with Gasteiger partial charge >= 0.3 is 0 Å². The zero-order chi connectivity index (χ0) is 19.0. The van der Waals surface area contributed by atoms with E-state index in [1.54, 1.807) is 29.6 Å². The van der Waals surface area contributed by atoms with Crippen LogP contribution in [0.5, 0.6) is 0 Å². The molecule has 0 radical (unpaired) electrons. The summed E-state index contributed by atoms with van der Waals surface area (Å²) in [5.41, 5.74) is 2.51. The number of thiazole rings is 1. The van der Waals surface area contributed by atoms with Crippen LogP contribution in [0.4, 0.5) is 15.2 Å². The predicted molar refractivity (Wildman–Crippen MR) is 106 cm³/mol. The lowest BCUT2D eigenvalue weighted by atomic mass is 10.1. The number of carbonyl (C=O) groups is 2. The molecule has 0 spiro atoms. The number of benzene rings is 2. The molecule has 136 valence electrons. The van der Waals surface area contributed by atoms with Gasteiger partial charge in [0.1, 0.15) is 5.82 Å². The zero-order valence-corrected chi connectivity index (χ0v) is 15.8. The average Bonchev–Trinajstić information content (AvgIpc) is 3.11. The minimum atomic E-state index is -0.311. The van der Waals surface area contributed by atoms with Gasteiger partial charge in [0.25, 0.3) is 5.91 Å². The first-order chi connectivity index (χ1) is 13.0. The van der Waals surface area contributed by atoms with Crippen LogP contribution >= 0.6 is 23.1 Å². The van der Waals surface area contributed by atoms with Crippen LogP contribution in [0.2, 0.25) is 0 Å². The number of rotatable bonds is 3. The van der Waals surface area contributed by atoms with Crippen LogP contribution in [0, 0.1) is 5.82 Å². The number of thioether (sulfide) groups is 1. The number of halogens is 1. The monoisotopic (exact) mass is 399 g/mol. The van der Waals surface area contributed by atoms with E-state index in [9.17, 15) is 14.0 Å². The van der Waals surface area contributed by atoms with Crippen molar-refractivity contribution in [3.05, 3.63) is 59.2 Å². The lowest BCUT2D eigenvalue weighted by molar-refractivity contribution is -0.115. The van der Waals surface area contributed by atoms with Crippen molar-refractivity contribution < 1.29 is 14.0 Å². The maximum atomic E-state index is 13.0. The van der Waals surface area contributed by atoms with Gasteiger partial charge < -0.3 is 5.32 Å². The molecule has 4 rings (SSSR count). The van der Waals surface area contributed by atoms with Gasteiger partial charge in [0.15, 0.2) is 5.13 Å². The van der Waals surface area contributed by atoms with Crippen LogP contribution < -0.4 is 10.6 Å². The SMILES string of the molecule is C[C@H]1Sc2ccc(C(=O)Nc3nc(-c4ccc(F)cc4)cs3)cc2NC1=O. The molecule has 0 bridgehead atoms. The van der Waals surface area contributed by atoms with E-state index in [0.717, 1.165) is 10.5 Å². The first kappa shape index (κ1) is 17.7. The first-order valence-corrected chi connectivity index (χ1v) is 9.90. The minimum Gasteiger partial charge on any atom is -0.324 e. The highest BCUT2D eigenvalue weighted by molar-refractivity contribution is 8.00. The Morgan fingerprint density at radius 1 is 1.22 bits per heavy atom. The summed E-state index contributed by atoms with van der Waals surface area (Å²) < 4.78 is 13.0. The maximum Gasteiger partial charge on any atom is 0.257 e. The molecule has 27 heavy (non-hydrogen) atoms. The van der Waals surface area contributed by atoms with Crippen molar-refractivity contribution in [1.29, 1.82) is 0 Å². The summed E-state index contributed by atoms with van der Waals surface area (Å²) in [6, 6.07) is 11.2. The standard InChI is InChI=1S/C19H14FN3O2S2/c1-10-17(24)21-14-8-12(4-7-16(14)27-10)18(25)23-19-22-15(9-26-19)11-2-5-13(20)6-3-11/h2-10H,1H3,(H,21,24)(H,22,23,25)/t10-/m1/s1. The van der Waals surface area contributed by atoms with Crippen LogP contribution in [-0.4, -0.2) is 22.0 Å². The molecular weight excluding hydrogens is 385 g/mol. The number of carbonyl (C=O) groups excluding carboxylic acids is 2. The van der Waals surface area contributed by atoms with Crippen LogP contribution in [0.3, 0.4) is 0 Å². The number of hydrogen-bond donors (Lipinski definition) is 2. The second-order valence-corrected chi connectivity index (χ2v) is 8.20. The Morgan fingerprint density at radius 2 is 2.00 bits per heavy atom. The minimum absolute atomic E-state index is 0.0751. The van der Waals surface area contributed by atoms with Crippen molar-refractivity contribution in [2.24, 2.45) is 0 Å². The molecule has 0 unspecified atom stereocenters. The van der Waals surface area contributed by atoms with Crippen molar-refractivity contribution in [2.75, 3.05) is 10.6 Å². The van der Waals surface area contributed by atoms with E-state index < -0.39 is 0 Å². The van der Waals surface area contributed by atoms with Gasteiger partial charge in [0.05, 0.1) is 16.6 Å². The average molecular weight is 399 g/mol. The molecule has 8 heteroatoms. The fourth-order valence-electron chi connectivity index (χ4n) is 2.60. The zero-order valence-electron chi connectivity index (χ0n) is 14.2. The van der Waals surface area contributed by atoms with E-state index in [-0.39, 0.29) is 22.9 Å². The Balaban J connectivity index is 1.51. The van der Waals surface area contributed by atoms with Crippen LogP contribution in [0.25, 0.3) is 11.3 Å². The summed E-state index contributed by atoms with van der Waals surface area (Å²) in [6.07, 6.45) is 0. The molecule has 1 aromatic heterocycles. The van der Waals surface area contributed by atoms with Crippen molar-refractivity contribution in [3.8, 4) is 11.3 Å². The molecule has 5 nitrogen and oxygen atoms in total. The molecule has 3 aromatic rings. The molecule has 1 aliphatic heterocycles. The fourth-order valence-corrected chi connectivity index (χ4v) is 4.25. The molecule has 0 fully saturated rings. The number of fused-ring (bicyclic) bond motifs is 1. The Hall–Kier alpha value is -2.71. The van der Waals surface area contributed by atoms with Crippen LogP contribution in [-0.2, 0) is 4.79 Å². The third-order valence-electron chi connectivity index (χ3n) is 4.04. The highest BCUT2D eigenvalue weighted by Crippen LogP contribution is 2.36. The van der Waals surface area contributed by atoms with Gasteiger partial charge in [-0.25, -0.2) is 9.37 Å². The summed E-state index contributed by atoms with van der Waals surface area (Å²) in [4.78, 5) is 29.7. The number of nitrogens with one attached hydrogen (secondary N) is 2. The Bertz CT molecular complexity index is 1030. The van der Waals surface area contributed by atoms with Crippen molar-refractivity contribution in [2.45, 2.75) is 17.1 Å². The fraction of sp³-hybridized carbons (Fsp3) is 0.105. The lowest BCUT2D eigenvalue weighted by Crippen LogP contribution is -2.26. The van der Waals surface area contributed by atoms with E-state index >= 15 is 0 Å². The number of amides is 2. The van der Waals surface area contributed by atoms with E-state index in [2.05, 4.69) is 15.6 Å². The van der Waals surface area contributed by atoms with E-state index in [0.29, 0.717) is 22.1 Å². The van der Waals surface area contributed by atoms with Crippen LogP contribution in [0.1, 0.15) is 17.3 Å². The summed E-state index contributed by atoms with van der Waals surface area (Å²) >= 11 is 2.76. The van der Waals surface area contributed by atoms with E-state index in [4.69, 9.17) is 0 Å². The molecule has 1 atom stereocenters.